The largest absolute Gasteiger partial charge is 0.346 e. The summed E-state index contributed by atoms with van der Waals surface area (Å²) in [5.74, 6) is 0. The predicted octanol–water partition coefficient (Wildman–Crippen LogP) is 4.70. The molecule has 0 amide bonds. The lowest BCUT2D eigenvalue weighted by Gasteiger charge is -2.42. The Kier molecular flexibility index (Phi) is 5.94. The fourth-order valence-electron chi connectivity index (χ4n) is 4.59. The number of rotatable bonds is 3. The molecule has 3 unspecified atom stereocenters. The third kappa shape index (κ3) is 4.34. The van der Waals surface area contributed by atoms with Gasteiger partial charge in [0, 0.05) is 16.7 Å². The third-order valence-electron chi connectivity index (χ3n) is 6.25. The van der Waals surface area contributed by atoms with Crippen molar-refractivity contribution in [2.24, 2.45) is 0 Å². The molecule has 0 N–H and O–H groups in total. The first kappa shape index (κ1) is 21.0. The number of fused-ring (bicyclic) bond motifs is 3. The van der Waals surface area contributed by atoms with E-state index in [9.17, 15) is 0 Å². The molecule has 3 aromatic rings. The van der Waals surface area contributed by atoms with Crippen LogP contribution < -0.4 is 0 Å². The second-order valence-corrected chi connectivity index (χ2v) is 8.44. The number of ether oxygens (including phenoxy) is 6. The minimum absolute atomic E-state index is 0.299. The van der Waals surface area contributed by atoms with Crippen molar-refractivity contribution >= 4 is 0 Å². The quantitative estimate of drug-likeness (QED) is 0.582. The van der Waals surface area contributed by atoms with Crippen molar-refractivity contribution in [3.63, 3.8) is 0 Å². The van der Waals surface area contributed by atoms with Gasteiger partial charge in [-0.25, -0.2) is 0 Å². The highest BCUT2D eigenvalue weighted by Gasteiger charge is 2.50. The summed E-state index contributed by atoms with van der Waals surface area (Å²) in [7, 11) is 0. The van der Waals surface area contributed by atoms with E-state index in [1.807, 2.05) is 91.0 Å². The molecule has 0 radical (unpaired) electrons. The first-order valence-corrected chi connectivity index (χ1v) is 11.3. The van der Waals surface area contributed by atoms with Crippen LogP contribution in [0.2, 0.25) is 0 Å². The molecule has 6 heteroatoms. The molecule has 6 nitrogen and oxygen atoms in total. The van der Waals surface area contributed by atoms with Crippen LogP contribution in [0.3, 0.4) is 0 Å². The van der Waals surface area contributed by atoms with Crippen molar-refractivity contribution in [3.05, 3.63) is 108 Å². The van der Waals surface area contributed by atoms with Crippen LogP contribution in [0.5, 0.6) is 0 Å². The monoisotopic (exact) mass is 446 g/mol. The van der Waals surface area contributed by atoms with Crippen molar-refractivity contribution < 1.29 is 28.4 Å². The van der Waals surface area contributed by atoms with Gasteiger partial charge in [0.25, 0.3) is 0 Å². The normalized spacial score (nSPS) is 34.0. The van der Waals surface area contributed by atoms with Gasteiger partial charge in [0.05, 0.1) is 13.2 Å². The van der Waals surface area contributed by atoms with Crippen LogP contribution in [0.1, 0.15) is 35.6 Å². The maximum Gasteiger partial charge on any atom is 0.184 e. The summed E-state index contributed by atoms with van der Waals surface area (Å²) in [5.41, 5.74) is 2.87. The highest BCUT2D eigenvalue weighted by atomic mass is 16.8. The summed E-state index contributed by atoms with van der Waals surface area (Å²) >= 11 is 0. The van der Waals surface area contributed by atoms with Crippen molar-refractivity contribution in [3.8, 4) is 0 Å². The fraction of sp³-hybridized carbons (Fsp3) is 0.333. The zero-order chi connectivity index (χ0) is 22.0. The molecule has 0 spiro atoms. The van der Waals surface area contributed by atoms with Crippen molar-refractivity contribution in [2.45, 2.75) is 43.3 Å². The molecule has 0 aliphatic carbocycles. The van der Waals surface area contributed by atoms with Crippen LogP contribution in [-0.4, -0.2) is 37.6 Å². The van der Waals surface area contributed by atoms with Gasteiger partial charge < -0.3 is 28.4 Å². The van der Waals surface area contributed by atoms with Gasteiger partial charge in [0.1, 0.15) is 24.4 Å². The van der Waals surface area contributed by atoms with E-state index in [1.54, 1.807) is 0 Å². The lowest BCUT2D eigenvalue weighted by Crippen LogP contribution is -2.54. The highest BCUT2D eigenvalue weighted by Crippen LogP contribution is 2.41. The summed E-state index contributed by atoms with van der Waals surface area (Å²) in [6, 6.07) is 29.8. The maximum absolute atomic E-state index is 6.49. The lowest BCUT2D eigenvalue weighted by atomic mass is 10.0. The summed E-state index contributed by atoms with van der Waals surface area (Å²) < 4.78 is 37.9. The molecule has 3 saturated heterocycles. The molecule has 3 aliphatic heterocycles. The number of hydrogen-bond donors (Lipinski definition) is 0. The summed E-state index contributed by atoms with van der Waals surface area (Å²) in [6.45, 7) is 0.691. The highest BCUT2D eigenvalue weighted by molar-refractivity contribution is 5.19. The second kappa shape index (κ2) is 9.35. The fourth-order valence-corrected chi connectivity index (χ4v) is 4.59. The molecule has 33 heavy (non-hydrogen) atoms. The van der Waals surface area contributed by atoms with Gasteiger partial charge in [-0.2, -0.15) is 0 Å². The Morgan fingerprint density at radius 1 is 0.424 bits per heavy atom. The number of benzene rings is 3. The van der Waals surface area contributed by atoms with E-state index in [0.717, 1.165) is 16.7 Å². The first-order chi connectivity index (χ1) is 16.3. The zero-order valence-electron chi connectivity index (χ0n) is 18.1. The van der Waals surface area contributed by atoms with Gasteiger partial charge in [-0.15, -0.1) is 0 Å². The molecule has 3 heterocycles. The summed E-state index contributed by atoms with van der Waals surface area (Å²) in [6.07, 6.45) is -2.93. The van der Waals surface area contributed by atoms with Gasteiger partial charge in [-0.3, -0.25) is 0 Å². The minimum atomic E-state index is -0.542. The molecular formula is C27H26O6. The minimum Gasteiger partial charge on any atom is -0.346 e. The van der Waals surface area contributed by atoms with Gasteiger partial charge in [0.2, 0.25) is 0 Å². The van der Waals surface area contributed by atoms with Crippen LogP contribution in [0.4, 0.5) is 0 Å². The van der Waals surface area contributed by atoms with Crippen LogP contribution in [-0.2, 0) is 28.4 Å². The molecule has 7 atom stereocenters. The average molecular weight is 446 g/mol. The Morgan fingerprint density at radius 3 is 1.27 bits per heavy atom. The molecule has 3 aliphatic rings. The van der Waals surface area contributed by atoms with E-state index in [0.29, 0.717) is 13.2 Å². The van der Waals surface area contributed by atoms with Crippen molar-refractivity contribution in [2.75, 3.05) is 13.2 Å². The Labute approximate surface area is 192 Å². The van der Waals surface area contributed by atoms with Gasteiger partial charge in [-0.05, 0) is 0 Å². The molecular weight excluding hydrogens is 420 g/mol. The smallest absolute Gasteiger partial charge is 0.184 e. The third-order valence-corrected chi connectivity index (χ3v) is 6.25. The Balaban J connectivity index is 1.30. The number of hydrogen-bond acceptors (Lipinski definition) is 6. The van der Waals surface area contributed by atoms with Crippen LogP contribution in [0, 0.1) is 0 Å². The van der Waals surface area contributed by atoms with E-state index in [1.165, 1.54) is 0 Å². The van der Waals surface area contributed by atoms with Crippen molar-refractivity contribution in [1.29, 1.82) is 0 Å². The van der Waals surface area contributed by atoms with E-state index >= 15 is 0 Å². The molecule has 3 fully saturated rings. The molecule has 0 bridgehead atoms. The van der Waals surface area contributed by atoms with E-state index in [4.69, 9.17) is 28.4 Å². The summed E-state index contributed by atoms with van der Waals surface area (Å²) in [5, 5.41) is 0. The Morgan fingerprint density at radius 2 is 0.788 bits per heavy atom. The Hall–Kier alpha value is -2.58. The van der Waals surface area contributed by atoms with Gasteiger partial charge in [-0.1, -0.05) is 91.0 Å². The van der Waals surface area contributed by atoms with E-state index in [2.05, 4.69) is 0 Å². The predicted molar refractivity (Wildman–Crippen MR) is 119 cm³/mol. The van der Waals surface area contributed by atoms with Gasteiger partial charge >= 0.3 is 0 Å². The SMILES string of the molecule is c1ccc(C2OC[C@@H]3OC(c4ccccc4)OC[C@H]4OC(c5ccccc5)O[C@@H]4[C@H]3O2)cc1. The van der Waals surface area contributed by atoms with Crippen LogP contribution in [0.25, 0.3) is 0 Å². The van der Waals surface area contributed by atoms with E-state index in [-0.39, 0.29) is 24.4 Å². The molecule has 0 aromatic heterocycles. The topological polar surface area (TPSA) is 55.4 Å². The van der Waals surface area contributed by atoms with Crippen LogP contribution >= 0.6 is 0 Å². The van der Waals surface area contributed by atoms with E-state index < -0.39 is 18.9 Å². The van der Waals surface area contributed by atoms with Gasteiger partial charge in [0.15, 0.2) is 18.9 Å². The lowest BCUT2D eigenvalue weighted by molar-refractivity contribution is -0.324. The van der Waals surface area contributed by atoms with Crippen molar-refractivity contribution in [1.82, 2.24) is 0 Å². The Bertz CT molecular complexity index is 993. The maximum atomic E-state index is 6.49. The molecule has 170 valence electrons. The summed E-state index contributed by atoms with van der Waals surface area (Å²) in [4.78, 5) is 0. The first-order valence-electron chi connectivity index (χ1n) is 11.3. The standard InChI is InChI=1S/C27H26O6/c1-4-10-18(11-5-1)25-28-17-22-24(33-27(31-22)20-14-8-3-9-15-20)23-21(30-25)16-29-26(32-23)19-12-6-2-7-13-19/h1-15,21-27H,16-17H2/t21-,22+,23-,24-,25?,26?,27?/m0/s1. The zero-order valence-corrected chi connectivity index (χ0v) is 18.1. The molecule has 0 saturated carbocycles. The average Bonchev–Trinajstić information content (AvgIpc) is 3.30. The molecule has 6 rings (SSSR count). The van der Waals surface area contributed by atoms with Crippen LogP contribution in [0.15, 0.2) is 91.0 Å². The molecule has 3 aromatic carbocycles. The second-order valence-electron chi connectivity index (χ2n) is 8.44.